The molecule has 4 rings (SSSR count). The molecule has 0 aromatic carbocycles. The topological polar surface area (TPSA) is 79.4 Å². The first-order valence-electron chi connectivity index (χ1n) is 6.38. The highest BCUT2D eigenvalue weighted by molar-refractivity contribution is 5.46. The Morgan fingerprint density at radius 3 is 2.94 bits per heavy atom. The summed E-state index contributed by atoms with van der Waals surface area (Å²) in [5.74, 6) is 1.98. The van der Waals surface area contributed by atoms with Gasteiger partial charge in [0.15, 0.2) is 11.6 Å². The molecule has 0 atom stereocenters. The van der Waals surface area contributed by atoms with Crippen LogP contribution in [0.15, 0.2) is 6.33 Å². The van der Waals surface area contributed by atoms with Crippen LogP contribution in [0, 0.1) is 0 Å². The maximum absolute atomic E-state index is 4.71. The summed E-state index contributed by atoms with van der Waals surface area (Å²) in [4.78, 5) is 13.5. The summed E-state index contributed by atoms with van der Waals surface area (Å²) in [5.41, 5.74) is 3.71. The third-order valence-electron chi connectivity index (χ3n) is 3.56. The predicted molar refractivity (Wildman–Crippen MR) is 64.8 cm³/mol. The van der Waals surface area contributed by atoms with Gasteiger partial charge in [-0.05, 0) is 12.8 Å². The van der Waals surface area contributed by atoms with Gasteiger partial charge >= 0.3 is 0 Å². The monoisotopic (exact) mass is 242 g/mol. The van der Waals surface area contributed by atoms with Gasteiger partial charge in [-0.2, -0.15) is 5.10 Å². The maximum Gasteiger partial charge on any atom is 0.197 e. The third kappa shape index (κ3) is 1.60. The number of rotatable bonds is 2. The van der Waals surface area contributed by atoms with Crippen LogP contribution in [0.2, 0.25) is 0 Å². The molecule has 1 fully saturated rings. The zero-order valence-electron chi connectivity index (χ0n) is 9.98. The number of hydrogen-bond acceptors (Lipinski definition) is 5. The molecule has 3 heterocycles. The van der Waals surface area contributed by atoms with Crippen molar-refractivity contribution >= 4 is 0 Å². The third-order valence-corrected chi connectivity index (χ3v) is 3.56. The molecule has 6 heteroatoms. The highest BCUT2D eigenvalue weighted by atomic mass is 15.2. The van der Waals surface area contributed by atoms with Crippen molar-refractivity contribution in [1.29, 1.82) is 0 Å². The summed E-state index contributed by atoms with van der Waals surface area (Å²) in [6.07, 6.45) is 4.97. The fourth-order valence-electron chi connectivity index (χ4n) is 2.48. The van der Waals surface area contributed by atoms with E-state index >= 15 is 0 Å². The molecule has 18 heavy (non-hydrogen) atoms. The molecule has 2 aromatic heterocycles. The molecule has 1 saturated carbocycles. The first-order chi connectivity index (χ1) is 8.92. The molecule has 0 unspecified atom stereocenters. The Balaban J connectivity index is 1.87. The van der Waals surface area contributed by atoms with E-state index in [2.05, 4.69) is 25.5 Å². The van der Waals surface area contributed by atoms with E-state index in [1.807, 2.05) is 0 Å². The molecular weight excluding hydrogens is 228 g/mol. The average molecular weight is 242 g/mol. The maximum atomic E-state index is 4.71. The molecule has 0 amide bonds. The Bertz CT molecular complexity index is 573. The fourth-order valence-corrected chi connectivity index (χ4v) is 2.48. The zero-order valence-corrected chi connectivity index (χ0v) is 9.98. The smallest absolute Gasteiger partial charge is 0.197 e. The van der Waals surface area contributed by atoms with E-state index in [0.29, 0.717) is 17.6 Å². The second-order valence-electron chi connectivity index (χ2n) is 4.89. The summed E-state index contributed by atoms with van der Waals surface area (Å²) in [5, 5.41) is 10.1. The van der Waals surface area contributed by atoms with Crippen LogP contribution in [0.5, 0.6) is 0 Å². The van der Waals surface area contributed by atoms with Crippen LogP contribution in [0.3, 0.4) is 0 Å². The van der Waals surface area contributed by atoms with E-state index in [-0.39, 0.29) is 0 Å². The Morgan fingerprint density at radius 1 is 1.22 bits per heavy atom. The molecular formula is C12H14N6. The molecule has 0 spiro atoms. The van der Waals surface area contributed by atoms with Crippen LogP contribution < -0.4 is 5.32 Å². The van der Waals surface area contributed by atoms with E-state index in [9.17, 15) is 0 Å². The normalized spacial score (nSPS) is 18.7. The van der Waals surface area contributed by atoms with Gasteiger partial charge in [0.05, 0.1) is 11.4 Å². The number of hydrogen-bond donors (Lipinski definition) is 2. The van der Waals surface area contributed by atoms with Crippen molar-refractivity contribution < 1.29 is 0 Å². The molecule has 0 saturated heterocycles. The number of nitrogens with one attached hydrogen (secondary N) is 2. The molecule has 0 bridgehead atoms. The van der Waals surface area contributed by atoms with Crippen LogP contribution in [-0.2, 0) is 13.0 Å². The second kappa shape index (κ2) is 3.84. The molecule has 0 radical (unpaired) electrons. The minimum Gasteiger partial charge on any atom is -0.312 e. The van der Waals surface area contributed by atoms with Crippen LogP contribution >= 0.6 is 0 Å². The lowest BCUT2D eigenvalue weighted by molar-refractivity contribution is 0.617. The first-order valence-corrected chi connectivity index (χ1v) is 6.38. The Hall–Kier alpha value is -1.82. The first kappa shape index (κ1) is 10.1. The van der Waals surface area contributed by atoms with Crippen molar-refractivity contribution in [3.05, 3.63) is 23.3 Å². The lowest BCUT2D eigenvalue weighted by Gasteiger charge is -2.19. The van der Waals surface area contributed by atoms with Gasteiger partial charge in [0.2, 0.25) is 0 Å². The highest BCUT2D eigenvalue weighted by Crippen LogP contribution is 2.42. The Morgan fingerprint density at radius 2 is 2.17 bits per heavy atom. The van der Waals surface area contributed by atoms with Crippen molar-refractivity contribution in [2.45, 2.75) is 31.7 Å². The van der Waals surface area contributed by atoms with Gasteiger partial charge in [0, 0.05) is 31.0 Å². The Kier molecular flexibility index (Phi) is 2.16. The SMILES string of the molecule is c1n[nH]c(-c2nc3c(c(C4CC4)n2)CNCC3)n1. The van der Waals surface area contributed by atoms with Gasteiger partial charge < -0.3 is 5.32 Å². The predicted octanol–water partition coefficient (Wildman–Crippen LogP) is 0.785. The van der Waals surface area contributed by atoms with Gasteiger partial charge in [-0.3, -0.25) is 5.10 Å². The van der Waals surface area contributed by atoms with Crippen molar-refractivity contribution in [1.82, 2.24) is 30.5 Å². The summed E-state index contributed by atoms with van der Waals surface area (Å²) < 4.78 is 0. The molecule has 6 nitrogen and oxygen atoms in total. The van der Waals surface area contributed by atoms with Gasteiger partial charge in [-0.1, -0.05) is 0 Å². The molecule has 2 N–H and O–H groups in total. The summed E-state index contributed by atoms with van der Waals surface area (Å²) >= 11 is 0. The van der Waals surface area contributed by atoms with E-state index in [0.717, 1.165) is 19.5 Å². The summed E-state index contributed by atoms with van der Waals surface area (Å²) in [6.45, 7) is 1.89. The quantitative estimate of drug-likeness (QED) is 0.813. The highest BCUT2D eigenvalue weighted by Gasteiger charge is 2.31. The summed E-state index contributed by atoms with van der Waals surface area (Å²) in [6, 6.07) is 0. The number of aromatic amines is 1. The number of fused-ring (bicyclic) bond motifs is 1. The standard InChI is InChI=1S/C12H14N6/c1-2-7(1)10-8-5-13-4-3-9(8)16-12(17-10)11-14-6-15-18-11/h6-7,13H,1-5H2,(H,14,15,18). The van der Waals surface area contributed by atoms with E-state index < -0.39 is 0 Å². The largest absolute Gasteiger partial charge is 0.312 e. The second-order valence-corrected chi connectivity index (χ2v) is 4.89. The van der Waals surface area contributed by atoms with Crippen LogP contribution in [0.4, 0.5) is 0 Å². The number of nitrogens with zero attached hydrogens (tertiary/aromatic N) is 4. The number of aromatic nitrogens is 5. The van der Waals surface area contributed by atoms with E-state index in [4.69, 9.17) is 4.98 Å². The van der Waals surface area contributed by atoms with Gasteiger partial charge in [0.25, 0.3) is 0 Å². The molecule has 92 valence electrons. The number of H-pyrrole nitrogens is 1. The molecule has 1 aliphatic heterocycles. The summed E-state index contributed by atoms with van der Waals surface area (Å²) in [7, 11) is 0. The van der Waals surface area contributed by atoms with Gasteiger partial charge in [0.1, 0.15) is 6.33 Å². The lowest BCUT2D eigenvalue weighted by Crippen LogP contribution is -2.26. The minimum atomic E-state index is 0.628. The van der Waals surface area contributed by atoms with Crippen molar-refractivity contribution in [2.24, 2.45) is 0 Å². The average Bonchev–Trinajstić information content (AvgIpc) is 3.12. The zero-order chi connectivity index (χ0) is 11.9. The van der Waals surface area contributed by atoms with Crippen LogP contribution in [0.25, 0.3) is 11.6 Å². The van der Waals surface area contributed by atoms with Gasteiger partial charge in [-0.25, -0.2) is 15.0 Å². The van der Waals surface area contributed by atoms with Crippen molar-refractivity contribution in [3.8, 4) is 11.6 Å². The van der Waals surface area contributed by atoms with Crippen molar-refractivity contribution in [2.75, 3.05) is 6.54 Å². The Labute approximate surface area is 104 Å². The minimum absolute atomic E-state index is 0.628. The molecule has 2 aromatic rings. The van der Waals surface area contributed by atoms with Crippen LogP contribution in [0.1, 0.15) is 35.7 Å². The lowest BCUT2D eigenvalue weighted by atomic mass is 10.0. The van der Waals surface area contributed by atoms with E-state index in [1.54, 1.807) is 0 Å². The molecule has 1 aliphatic carbocycles. The van der Waals surface area contributed by atoms with Gasteiger partial charge in [-0.15, -0.1) is 0 Å². The van der Waals surface area contributed by atoms with E-state index in [1.165, 1.54) is 36.1 Å². The molecule has 2 aliphatic rings. The van der Waals surface area contributed by atoms with Crippen molar-refractivity contribution in [3.63, 3.8) is 0 Å². The fraction of sp³-hybridized carbons (Fsp3) is 0.500. The van der Waals surface area contributed by atoms with Crippen LogP contribution in [-0.4, -0.2) is 31.7 Å².